The zero-order valence-electron chi connectivity index (χ0n) is 11.5. The van der Waals surface area contributed by atoms with Crippen LogP contribution in [0.3, 0.4) is 0 Å². The highest BCUT2D eigenvalue weighted by Gasteiger charge is 2.29. The molecule has 1 aliphatic rings. The second-order valence-corrected chi connectivity index (χ2v) is 5.10. The number of carboxylic acids is 1. The smallest absolute Gasteiger partial charge is 0.307 e. The molecule has 1 amide bonds. The fourth-order valence-corrected chi connectivity index (χ4v) is 2.53. The Balaban J connectivity index is 2.06. The van der Waals surface area contributed by atoms with Gasteiger partial charge in [0.15, 0.2) is 0 Å². The van der Waals surface area contributed by atoms with Gasteiger partial charge in [0.05, 0.1) is 6.42 Å². The van der Waals surface area contributed by atoms with E-state index < -0.39 is 5.97 Å². The SMILES string of the molecule is [N-]=[N+]=NCC1CC(=O)N(Cc2ccccc2CC(=O)O)C1. The van der Waals surface area contributed by atoms with Crippen LogP contribution in [0.1, 0.15) is 17.5 Å². The molecular formula is C14H16N4O3. The van der Waals surface area contributed by atoms with Crippen molar-refractivity contribution in [3.63, 3.8) is 0 Å². The lowest BCUT2D eigenvalue weighted by Crippen LogP contribution is -2.25. The minimum absolute atomic E-state index is 0.0123. The lowest BCUT2D eigenvalue weighted by Gasteiger charge is -2.18. The first-order valence-corrected chi connectivity index (χ1v) is 6.67. The molecule has 21 heavy (non-hydrogen) atoms. The van der Waals surface area contributed by atoms with E-state index in [0.29, 0.717) is 26.1 Å². The molecule has 1 aliphatic heterocycles. The minimum atomic E-state index is -0.892. The monoisotopic (exact) mass is 288 g/mol. The molecule has 0 aromatic heterocycles. The Morgan fingerprint density at radius 2 is 2.14 bits per heavy atom. The topological polar surface area (TPSA) is 106 Å². The highest BCUT2D eigenvalue weighted by molar-refractivity contribution is 5.78. The quantitative estimate of drug-likeness (QED) is 0.491. The lowest BCUT2D eigenvalue weighted by atomic mass is 10.0. The maximum absolute atomic E-state index is 12.0. The third kappa shape index (κ3) is 3.97. The van der Waals surface area contributed by atoms with Crippen molar-refractivity contribution >= 4 is 11.9 Å². The predicted molar refractivity (Wildman–Crippen MR) is 75.3 cm³/mol. The summed E-state index contributed by atoms with van der Waals surface area (Å²) >= 11 is 0. The number of amides is 1. The third-order valence-electron chi connectivity index (χ3n) is 3.52. The van der Waals surface area contributed by atoms with Gasteiger partial charge in [-0.15, -0.1) is 0 Å². The number of rotatable bonds is 6. The molecule has 1 heterocycles. The molecule has 1 aromatic carbocycles. The maximum atomic E-state index is 12.0. The van der Waals surface area contributed by atoms with Crippen molar-refractivity contribution in [1.29, 1.82) is 0 Å². The summed E-state index contributed by atoms with van der Waals surface area (Å²) in [5.74, 6) is -0.838. The molecule has 0 saturated carbocycles. The van der Waals surface area contributed by atoms with E-state index in [1.54, 1.807) is 17.0 Å². The van der Waals surface area contributed by atoms with E-state index in [1.165, 1.54) is 0 Å². The summed E-state index contributed by atoms with van der Waals surface area (Å²) in [6.45, 7) is 1.25. The average Bonchev–Trinajstić information content (AvgIpc) is 2.78. The van der Waals surface area contributed by atoms with E-state index in [2.05, 4.69) is 10.0 Å². The standard InChI is InChI=1S/C14H16N4O3/c15-17-16-7-10-5-13(19)18(8-10)9-12-4-2-1-3-11(12)6-14(20)21/h1-4,10H,5-9H2,(H,20,21). The van der Waals surface area contributed by atoms with Crippen LogP contribution < -0.4 is 0 Å². The van der Waals surface area contributed by atoms with Crippen molar-refractivity contribution < 1.29 is 14.7 Å². The molecular weight excluding hydrogens is 272 g/mol. The Labute approximate surface area is 121 Å². The highest BCUT2D eigenvalue weighted by atomic mass is 16.4. The van der Waals surface area contributed by atoms with Crippen LogP contribution in [-0.4, -0.2) is 35.0 Å². The molecule has 110 valence electrons. The van der Waals surface area contributed by atoms with Crippen LogP contribution in [0.15, 0.2) is 29.4 Å². The van der Waals surface area contributed by atoms with E-state index in [4.69, 9.17) is 10.6 Å². The van der Waals surface area contributed by atoms with Crippen LogP contribution in [-0.2, 0) is 22.6 Å². The van der Waals surface area contributed by atoms with Crippen LogP contribution in [0.2, 0.25) is 0 Å². The van der Waals surface area contributed by atoms with E-state index in [1.807, 2.05) is 12.1 Å². The van der Waals surface area contributed by atoms with Gasteiger partial charge in [-0.05, 0) is 22.6 Å². The molecule has 1 saturated heterocycles. The fraction of sp³-hybridized carbons (Fsp3) is 0.429. The Morgan fingerprint density at radius 3 is 2.81 bits per heavy atom. The van der Waals surface area contributed by atoms with Gasteiger partial charge in [-0.2, -0.15) is 0 Å². The number of azide groups is 1. The number of likely N-dealkylation sites (tertiary alicyclic amines) is 1. The molecule has 7 nitrogen and oxygen atoms in total. The number of carbonyl (C=O) groups excluding carboxylic acids is 1. The first kappa shape index (κ1) is 14.9. The molecule has 1 fully saturated rings. The molecule has 7 heteroatoms. The van der Waals surface area contributed by atoms with Crippen molar-refractivity contribution in [1.82, 2.24) is 4.90 Å². The molecule has 1 unspecified atom stereocenters. The van der Waals surface area contributed by atoms with Crippen molar-refractivity contribution in [2.24, 2.45) is 11.0 Å². The van der Waals surface area contributed by atoms with Gasteiger partial charge >= 0.3 is 5.97 Å². The first-order valence-electron chi connectivity index (χ1n) is 6.67. The number of nitrogens with zero attached hydrogens (tertiary/aromatic N) is 4. The second kappa shape index (κ2) is 6.76. The first-order chi connectivity index (χ1) is 10.1. The zero-order chi connectivity index (χ0) is 15.2. The summed E-state index contributed by atoms with van der Waals surface area (Å²) in [4.78, 5) is 27.2. The lowest BCUT2D eigenvalue weighted by molar-refractivity contribution is -0.136. The molecule has 0 aliphatic carbocycles. The highest BCUT2D eigenvalue weighted by Crippen LogP contribution is 2.22. The maximum Gasteiger partial charge on any atom is 0.307 e. The van der Waals surface area contributed by atoms with Crippen molar-refractivity contribution in [2.75, 3.05) is 13.1 Å². The van der Waals surface area contributed by atoms with Gasteiger partial charge in [0.25, 0.3) is 0 Å². The van der Waals surface area contributed by atoms with Crippen LogP contribution in [0, 0.1) is 5.92 Å². The summed E-state index contributed by atoms with van der Waals surface area (Å²) in [6, 6.07) is 7.23. The van der Waals surface area contributed by atoms with E-state index in [-0.39, 0.29) is 18.2 Å². The number of aliphatic carboxylic acids is 1. The van der Waals surface area contributed by atoms with Gasteiger partial charge in [-0.25, -0.2) is 0 Å². The number of carboxylic acid groups (broad SMARTS) is 1. The zero-order valence-corrected chi connectivity index (χ0v) is 11.5. The summed E-state index contributed by atoms with van der Waals surface area (Å²) in [5, 5.41) is 12.4. The van der Waals surface area contributed by atoms with Crippen molar-refractivity contribution in [3.05, 3.63) is 45.8 Å². The summed E-state index contributed by atoms with van der Waals surface area (Å²) in [6.07, 6.45) is 0.320. The molecule has 1 aromatic rings. The summed E-state index contributed by atoms with van der Waals surface area (Å²) in [5.41, 5.74) is 9.88. The summed E-state index contributed by atoms with van der Waals surface area (Å²) in [7, 11) is 0. The molecule has 1 atom stereocenters. The average molecular weight is 288 g/mol. The summed E-state index contributed by atoms with van der Waals surface area (Å²) < 4.78 is 0. The van der Waals surface area contributed by atoms with Gasteiger partial charge in [-0.1, -0.05) is 29.4 Å². The van der Waals surface area contributed by atoms with Gasteiger partial charge in [0.1, 0.15) is 0 Å². The predicted octanol–water partition coefficient (Wildman–Crippen LogP) is 1.97. The molecule has 2 rings (SSSR count). The Hall–Kier alpha value is -2.53. The number of hydrogen-bond donors (Lipinski definition) is 1. The van der Waals surface area contributed by atoms with Crippen LogP contribution in [0.25, 0.3) is 10.4 Å². The van der Waals surface area contributed by atoms with Gasteiger partial charge in [0, 0.05) is 31.0 Å². The van der Waals surface area contributed by atoms with E-state index >= 15 is 0 Å². The van der Waals surface area contributed by atoms with Crippen molar-refractivity contribution in [2.45, 2.75) is 19.4 Å². The van der Waals surface area contributed by atoms with E-state index in [9.17, 15) is 9.59 Å². The number of benzene rings is 1. The number of carbonyl (C=O) groups is 2. The van der Waals surface area contributed by atoms with E-state index in [0.717, 1.165) is 11.1 Å². The normalized spacial score (nSPS) is 17.6. The molecule has 0 bridgehead atoms. The van der Waals surface area contributed by atoms with Gasteiger partial charge in [-0.3, -0.25) is 9.59 Å². The second-order valence-electron chi connectivity index (χ2n) is 5.10. The molecule has 0 spiro atoms. The van der Waals surface area contributed by atoms with Gasteiger partial charge < -0.3 is 10.0 Å². The van der Waals surface area contributed by atoms with Crippen molar-refractivity contribution in [3.8, 4) is 0 Å². The largest absolute Gasteiger partial charge is 0.481 e. The van der Waals surface area contributed by atoms with Crippen LogP contribution in [0.4, 0.5) is 0 Å². The Kier molecular flexibility index (Phi) is 4.79. The Bertz CT molecular complexity index is 596. The van der Waals surface area contributed by atoms with Crippen LogP contribution in [0.5, 0.6) is 0 Å². The molecule has 0 radical (unpaired) electrons. The van der Waals surface area contributed by atoms with Gasteiger partial charge in [0.2, 0.25) is 5.91 Å². The Morgan fingerprint density at radius 1 is 1.43 bits per heavy atom. The fourth-order valence-electron chi connectivity index (χ4n) is 2.53. The minimum Gasteiger partial charge on any atom is -0.481 e. The molecule has 1 N–H and O–H groups in total. The van der Waals surface area contributed by atoms with Crippen LogP contribution >= 0.6 is 0 Å². The number of hydrogen-bond acceptors (Lipinski definition) is 3. The third-order valence-corrected chi connectivity index (χ3v) is 3.52.